The minimum atomic E-state index is -0.690. The van der Waals surface area contributed by atoms with Gasteiger partial charge in [-0.3, -0.25) is 0 Å². The van der Waals surface area contributed by atoms with E-state index in [2.05, 4.69) is 18.8 Å². The van der Waals surface area contributed by atoms with Gasteiger partial charge in [-0.05, 0) is 36.4 Å². The molecule has 0 aliphatic heterocycles. The lowest BCUT2D eigenvalue weighted by Crippen LogP contribution is -2.24. The maximum atomic E-state index is 12.9. The Morgan fingerprint density at radius 1 is 1.12 bits per heavy atom. The maximum Gasteiger partial charge on any atom is 0.123 e. The van der Waals surface area contributed by atoms with E-state index in [0.29, 0.717) is 12.3 Å². The third-order valence-corrected chi connectivity index (χ3v) is 3.85. The Morgan fingerprint density at radius 2 is 1.83 bits per heavy atom. The van der Waals surface area contributed by atoms with E-state index in [1.807, 2.05) is 28.8 Å². The van der Waals surface area contributed by atoms with Crippen molar-refractivity contribution in [3.8, 4) is 5.75 Å². The zero-order valence-corrected chi connectivity index (χ0v) is 13.8. The van der Waals surface area contributed by atoms with Crippen LogP contribution >= 0.6 is 0 Å². The standard InChI is InChI=1S/C19H21FN2O2/c1-13(2)19-21-17-5-3-4-6-18(17)22(19)11-15(23)12-24-16-9-7-14(20)8-10-16/h3-10,13,15,23H,11-12H2,1-2H3/t15-/m0/s1. The smallest absolute Gasteiger partial charge is 0.123 e. The van der Waals surface area contributed by atoms with Gasteiger partial charge in [-0.2, -0.15) is 0 Å². The number of aliphatic hydroxyl groups is 1. The van der Waals surface area contributed by atoms with Gasteiger partial charge in [0.05, 0.1) is 17.6 Å². The number of hydrogen-bond acceptors (Lipinski definition) is 3. The Kier molecular flexibility index (Phi) is 4.81. The molecular weight excluding hydrogens is 307 g/mol. The largest absolute Gasteiger partial charge is 0.491 e. The van der Waals surface area contributed by atoms with Crippen molar-refractivity contribution in [2.24, 2.45) is 0 Å². The molecule has 1 aromatic heterocycles. The molecule has 0 fully saturated rings. The molecule has 0 unspecified atom stereocenters. The highest BCUT2D eigenvalue weighted by Crippen LogP contribution is 2.22. The van der Waals surface area contributed by atoms with E-state index in [9.17, 15) is 9.50 Å². The molecule has 1 heterocycles. The number of rotatable bonds is 6. The molecule has 1 N–H and O–H groups in total. The number of benzene rings is 2. The molecule has 0 saturated carbocycles. The number of hydrogen-bond donors (Lipinski definition) is 1. The molecule has 0 aliphatic rings. The van der Waals surface area contributed by atoms with Gasteiger partial charge in [-0.25, -0.2) is 9.37 Å². The highest BCUT2D eigenvalue weighted by atomic mass is 19.1. The molecule has 5 heteroatoms. The van der Waals surface area contributed by atoms with Crippen molar-refractivity contribution in [1.82, 2.24) is 9.55 Å². The van der Waals surface area contributed by atoms with Gasteiger partial charge in [-0.15, -0.1) is 0 Å². The third-order valence-electron chi connectivity index (χ3n) is 3.85. The number of aliphatic hydroxyl groups excluding tert-OH is 1. The average molecular weight is 328 g/mol. The van der Waals surface area contributed by atoms with Crippen LogP contribution < -0.4 is 4.74 Å². The zero-order valence-electron chi connectivity index (χ0n) is 13.8. The molecule has 0 spiro atoms. The number of fused-ring (bicyclic) bond motifs is 1. The fraction of sp³-hybridized carbons (Fsp3) is 0.316. The molecule has 0 aliphatic carbocycles. The van der Waals surface area contributed by atoms with Crippen LogP contribution in [0.25, 0.3) is 11.0 Å². The molecule has 0 amide bonds. The van der Waals surface area contributed by atoms with Crippen molar-refractivity contribution in [2.75, 3.05) is 6.61 Å². The number of halogens is 1. The van der Waals surface area contributed by atoms with Crippen LogP contribution in [0.15, 0.2) is 48.5 Å². The van der Waals surface area contributed by atoms with E-state index in [1.54, 1.807) is 12.1 Å². The predicted octanol–water partition coefficient (Wildman–Crippen LogP) is 3.74. The number of aromatic nitrogens is 2. The van der Waals surface area contributed by atoms with Gasteiger partial charge >= 0.3 is 0 Å². The zero-order chi connectivity index (χ0) is 17.1. The third kappa shape index (κ3) is 3.57. The molecule has 3 rings (SSSR count). The number of ether oxygens (including phenoxy) is 1. The number of imidazole rings is 1. The van der Waals surface area contributed by atoms with E-state index in [1.165, 1.54) is 12.1 Å². The molecule has 0 bridgehead atoms. The predicted molar refractivity (Wildman–Crippen MR) is 91.7 cm³/mol. The summed E-state index contributed by atoms with van der Waals surface area (Å²) in [6, 6.07) is 13.7. The minimum absolute atomic E-state index is 0.135. The summed E-state index contributed by atoms with van der Waals surface area (Å²) in [4.78, 5) is 4.66. The molecule has 2 aromatic carbocycles. The molecule has 1 atom stereocenters. The average Bonchev–Trinajstić information content (AvgIpc) is 2.93. The Bertz CT molecular complexity index is 812. The lowest BCUT2D eigenvalue weighted by Gasteiger charge is -2.17. The van der Waals surface area contributed by atoms with E-state index in [-0.39, 0.29) is 18.3 Å². The molecule has 4 nitrogen and oxygen atoms in total. The van der Waals surface area contributed by atoms with Gasteiger partial charge in [0.1, 0.15) is 30.1 Å². The van der Waals surface area contributed by atoms with Crippen LogP contribution in [0.5, 0.6) is 5.75 Å². The van der Waals surface area contributed by atoms with Crippen molar-refractivity contribution < 1.29 is 14.2 Å². The normalized spacial score (nSPS) is 12.7. The molecule has 24 heavy (non-hydrogen) atoms. The van der Waals surface area contributed by atoms with Crippen LogP contribution in [0.1, 0.15) is 25.6 Å². The number of nitrogens with zero attached hydrogens (tertiary/aromatic N) is 2. The first kappa shape index (κ1) is 16.5. The second-order valence-electron chi connectivity index (χ2n) is 6.14. The van der Waals surface area contributed by atoms with Gasteiger partial charge in [-0.1, -0.05) is 26.0 Å². The highest BCUT2D eigenvalue weighted by molar-refractivity contribution is 5.76. The Morgan fingerprint density at radius 3 is 2.54 bits per heavy atom. The topological polar surface area (TPSA) is 47.3 Å². The van der Waals surface area contributed by atoms with E-state index in [4.69, 9.17) is 4.74 Å². The summed E-state index contributed by atoms with van der Waals surface area (Å²) in [5.41, 5.74) is 1.93. The quantitative estimate of drug-likeness (QED) is 0.750. The van der Waals surface area contributed by atoms with E-state index >= 15 is 0 Å². The summed E-state index contributed by atoms with van der Waals surface area (Å²) < 4.78 is 20.5. The summed E-state index contributed by atoms with van der Waals surface area (Å²) in [7, 11) is 0. The minimum Gasteiger partial charge on any atom is -0.491 e. The highest BCUT2D eigenvalue weighted by Gasteiger charge is 2.16. The lowest BCUT2D eigenvalue weighted by atomic mass is 10.2. The van der Waals surface area contributed by atoms with Crippen molar-refractivity contribution in [3.05, 3.63) is 60.2 Å². The van der Waals surface area contributed by atoms with Crippen LogP contribution in [0.4, 0.5) is 4.39 Å². The van der Waals surface area contributed by atoms with Gasteiger partial charge in [0.2, 0.25) is 0 Å². The van der Waals surface area contributed by atoms with Crippen molar-refractivity contribution >= 4 is 11.0 Å². The summed E-state index contributed by atoms with van der Waals surface area (Å²) >= 11 is 0. The molecule has 0 radical (unpaired) electrons. The van der Waals surface area contributed by atoms with Gasteiger partial charge < -0.3 is 14.4 Å². The first-order valence-corrected chi connectivity index (χ1v) is 8.06. The van der Waals surface area contributed by atoms with Crippen LogP contribution in [0.2, 0.25) is 0 Å². The Balaban J connectivity index is 1.73. The first-order valence-electron chi connectivity index (χ1n) is 8.06. The van der Waals surface area contributed by atoms with Crippen LogP contribution in [-0.4, -0.2) is 27.4 Å². The lowest BCUT2D eigenvalue weighted by molar-refractivity contribution is 0.0925. The fourth-order valence-electron chi connectivity index (χ4n) is 2.71. The van der Waals surface area contributed by atoms with Crippen molar-refractivity contribution in [2.45, 2.75) is 32.4 Å². The SMILES string of the molecule is CC(C)c1nc2ccccc2n1C[C@H](O)COc1ccc(F)cc1. The van der Waals surface area contributed by atoms with Crippen LogP contribution in [0, 0.1) is 5.82 Å². The monoisotopic (exact) mass is 328 g/mol. The summed E-state index contributed by atoms with van der Waals surface area (Å²) in [6.07, 6.45) is -0.690. The summed E-state index contributed by atoms with van der Waals surface area (Å²) in [5, 5.41) is 10.4. The number of para-hydroxylation sites is 2. The molecule has 0 saturated heterocycles. The summed E-state index contributed by atoms with van der Waals surface area (Å²) in [6.45, 7) is 4.70. The van der Waals surface area contributed by atoms with Crippen LogP contribution in [-0.2, 0) is 6.54 Å². The van der Waals surface area contributed by atoms with Crippen molar-refractivity contribution in [3.63, 3.8) is 0 Å². The van der Waals surface area contributed by atoms with Gasteiger partial charge in [0.25, 0.3) is 0 Å². The first-order chi connectivity index (χ1) is 11.5. The van der Waals surface area contributed by atoms with Crippen molar-refractivity contribution in [1.29, 1.82) is 0 Å². The summed E-state index contributed by atoms with van der Waals surface area (Å²) in [5.74, 6) is 1.42. The Hall–Kier alpha value is -2.40. The van der Waals surface area contributed by atoms with E-state index in [0.717, 1.165) is 16.9 Å². The second kappa shape index (κ2) is 7.01. The Labute approximate surface area is 140 Å². The second-order valence-corrected chi connectivity index (χ2v) is 6.14. The molecular formula is C19H21FN2O2. The van der Waals surface area contributed by atoms with Gasteiger partial charge in [0.15, 0.2) is 0 Å². The molecule has 3 aromatic rings. The maximum absolute atomic E-state index is 12.9. The van der Waals surface area contributed by atoms with Gasteiger partial charge in [0, 0.05) is 5.92 Å². The van der Waals surface area contributed by atoms with E-state index < -0.39 is 6.10 Å². The molecule has 126 valence electrons. The van der Waals surface area contributed by atoms with Crippen LogP contribution in [0.3, 0.4) is 0 Å². The fourth-order valence-corrected chi connectivity index (χ4v) is 2.71.